The summed E-state index contributed by atoms with van der Waals surface area (Å²) in [6.07, 6.45) is -4.88. The molecular weight excluding hydrogens is 332 g/mol. The van der Waals surface area contributed by atoms with Gasteiger partial charge in [0.2, 0.25) is 0 Å². The van der Waals surface area contributed by atoms with E-state index in [1.807, 2.05) is 0 Å². The minimum Gasteiger partial charge on any atom is -1.00 e. The summed E-state index contributed by atoms with van der Waals surface area (Å²) < 4.78 is 0. The number of carboxylic acid groups (broad SMARTS) is 2. The van der Waals surface area contributed by atoms with Crippen molar-refractivity contribution in [3.63, 3.8) is 0 Å². The minimum absolute atomic E-state index is 0. The average Bonchev–Trinajstić information content (AvgIpc) is 1.84. The van der Waals surface area contributed by atoms with Crippen molar-refractivity contribution in [2.45, 2.75) is 12.2 Å². The first-order valence-corrected chi connectivity index (χ1v) is 2.24. The van der Waals surface area contributed by atoms with Crippen molar-refractivity contribution in [1.82, 2.24) is 0 Å². The molecule has 10 nitrogen and oxygen atoms in total. The minimum atomic E-state index is -2.44. The molecule has 0 aliphatic heterocycles. The van der Waals surface area contributed by atoms with E-state index in [0.29, 0.717) is 0 Å². The summed E-state index contributed by atoms with van der Waals surface area (Å²) in [7, 11) is 0. The Morgan fingerprint density at radius 3 is 0.944 bits per heavy atom. The van der Waals surface area contributed by atoms with Crippen molar-refractivity contribution in [3.05, 3.63) is 0 Å². The predicted molar refractivity (Wildman–Crippen MR) is 38.7 cm³/mol. The number of carboxylic acids is 2. The van der Waals surface area contributed by atoms with Crippen LogP contribution >= 0.6 is 0 Å². The Balaban J connectivity index is -0.00000000900. The molecule has 0 rings (SSSR count). The van der Waals surface area contributed by atoms with Gasteiger partial charge in [0.15, 0.2) is 0 Å². The van der Waals surface area contributed by atoms with Crippen molar-refractivity contribution in [3.8, 4) is 0 Å². The fourth-order valence-electron chi connectivity index (χ4n) is 0.258. The summed E-state index contributed by atoms with van der Waals surface area (Å²) in [5, 5.41) is 35.7. The molecule has 0 aromatic heterocycles. The summed E-state index contributed by atoms with van der Waals surface area (Å²) in [6, 6.07) is 0. The van der Waals surface area contributed by atoms with Crippen LogP contribution in [0.15, 0.2) is 0 Å². The number of carbonyl (C=O) groups excluding carboxylic acids is 2. The molecular formula is C4H14K2Na2O10. The maximum absolute atomic E-state index is 9.63. The molecule has 2 unspecified atom stereocenters. The van der Waals surface area contributed by atoms with Gasteiger partial charge in [0.1, 0.15) is 12.2 Å². The summed E-state index contributed by atoms with van der Waals surface area (Å²) in [5.41, 5.74) is 0. The SMILES string of the molecule is O.O.O.O.O=C([O-])C(O)C(O)C(=O)[O-].[H-].[H-].[K+].[K+].[Na+].[Na+]. The molecule has 18 heavy (non-hydrogen) atoms. The van der Waals surface area contributed by atoms with Gasteiger partial charge in [-0.15, -0.1) is 0 Å². The van der Waals surface area contributed by atoms with E-state index in [1.165, 1.54) is 0 Å². The summed E-state index contributed by atoms with van der Waals surface area (Å²) >= 11 is 0. The van der Waals surface area contributed by atoms with Crippen LogP contribution in [-0.4, -0.2) is 56.3 Å². The van der Waals surface area contributed by atoms with Gasteiger partial charge in [-0.2, -0.15) is 0 Å². The number of carbonyl (C=O) groups is 2. The summed E-state index contributed by atoms with van der Waals surface area (Å²) in [4.78, 5) is 19.3. The quantitative estimate of drug-likeness (QED) is 0.469. The van der Waals surface area contributed by atoms with Crippen molar-refractivity contribution in [2.75, 3.05) is 0 Å². The topological polar surface area (TPSA) is 247 Å². The van der Waals surface area contributed by atoms with E-state index in [-0.39, 0.29) is 187 Å². The Bertz CT molecular complexity index is 163. The third-order valence-electron chi connectivity index (χ3n) is 0.782. The maximum atomic E-state index is 9.63. The molecule has 0 aromatic rings. The molecule has 0 aromatic carbocycles. The molecule has 0 saturated carbocycles. The van der Waals surface area contributed by atoms with Crippen LogP contribution in [0, 0.1) is 0 Å². The number of hydrogen-bond acceptors (Lipinski definition) is 6. The number of hydrogen-bond donors (Lipinski definition) is 2. The Morgan fingerprint density at radius 1 is 0.778 bits per heavy atom. The molecule has 0 saturated heterocycles. The first kappa shape index (κ1) is 57.4. The number of rotatable bonds is 3. The maximum Gasteiger partial charge on any atom is 1.00 e. The first-order chi connectivity index (χ1) is 4.46. The Kier molecular flexibility index (Phi) is 105. The third-order valence-corrected chi connectivity index (χ3v) is 0.782. The van der Waals surface area contributed by atoms with Crippen LogP contribution in [0.3, 0.4) is 0 Å². The van der Waals surface area contributed by atoms with Crippen molar-refractivity contribution >= 4 is 11.9 Å². The molecule has 94 valence electrons. The number of aliphatic hydroxyl groups excluding tert-OH is 2. The first-order valence-electron chi connectivity index (χ1n) is 2.24. The van der Waals surface area contributed by atoms with E-state index >= 15 is 0 Å². The molecule has 0 aliphatic carbocycles. The average molecular weight is 346 g/mol. The standard InChI is InChI=1S/C4H6O6.2K.2Na.4H2O.2H/c5-1(3(7)8)2(6)4(9)10;;;;;;;;;;/h1-2,5-6H,(H,7,8)(H,9,10);;;;;4*1H2;;/q;4*+1;;;;;2*-1/p-2. The van der Waals surface area contributed by atoms with E-state index in [2.05, 4.69) is 0 Å². The smallest absolute Gasteiger partial charge is 1.00 e. The summed E-state index contributed by atoms with van der Waals surface area (Å²) in [5.74, 6) is -4.12. The molecule has 0 aliphatic rings. The zero-order chi connectivity index (χ0) is 8.31. The van der Waals surface area contributed by atoms with Crippen molar-refractivity contribution < 1.29 is 217 Å². The van der Waals surface area contributed by atoms with Gasteiger partial charge in [0.05, 0.1) is 11.9 Å². The predicted octanol–water partition coefficient (Wildman–Crippen LogP) is -19.8. The molecule has 14 heteroatoms. The van der Waals surface area contributed by atoms with Gasteiger partial charge in [0.25, 0.3) is 0 Å². The number of aliphatic hydroxyl groups is 2. The zero-order valence-corrected chi connectivity index (χ0v) is 20.9. The van der Waals surface area contributed by atoms with Crippen LogP contribution in [0.4, 0.5) is 0 Å². The third kappa shape index (κ3) is 28.2. The van der Waals surface area contributed by atoms with E-state index in [0.717, 1.165) is 0 Å². The van der Waals surface area contributed by atoms with E-state index in [1.54, 1.807) is 0 Å². The van der Waals surface area contributed by atoms with Crippen LogP contribution < -0.4 is 172 Å². The van der Waals surface area contributed by atoms with Gasteiger partial charge in [-0.05, 0) is 0 Å². The van der Waals surface area contributed by atoms with Crippen LogP contribution in [0.25, 0.3) is 0 Å². The second-order valence-corrected chi connectivity index (χ2v) is 1.53. The monoisotopic (exact) mass is 346 g/mol. The summed E-state index contributed by atoms with van der Waals surface area (Å²) in [6.45, 7) is 0. The van der Waals surface area contributed by atoms with Gasteiger partial charge in [0, 0.05) is 0 Å². The second kappa shape index (κ2) is 32.8. The van der Waals surface area contributed by atoms with Gasteiger partial charge >= 0.3 is 162 Å². The zero-order valence-electron chi connectivity index (χ0n) is 12.7. The second-order valence-electron chi connectivity index (χ2n) is 1.53. The van der Waals surface area contributed by atoms with Crippen molar-refractivity contribution in [1.29, 1.82) is 0 Å². The van der Waals surface area contributed by atoms with Crippen molar-refractivity contribution in [2.24, 2.45) is 0 Å². The molecule has 0 bridgehead atoms. The Hall–Kier alpha value is 3.97. The largest absolute Gasteiger partial charge is 1.00 e. The molecule has 10 N–H and O–H groups in total. The normalized spacial score (nSPS) is 8.78. The fraction of sp³-hybridized carbons (Fsp3) is 0.500. The molecule has 2 atom stereocenters. The van der Waals surface area contributed by atoms with Crippen LogP contribution in [0.2, 0.25) is 0 Å². The van der Waals surface area contributed by atoms with Crippen LogP contribution in [-0.2, 0) is 9.59 Å². The Labute approximate surface area is 235 Å². The van der Waals surface area contributed by atoms with Gasteiger partial charge in [-0.3, -0.25) is 0 Å². The van der Waals surface area contributed by atoms with Crippen LogP contribution in [0.1, 0.15) is 2.85 Å². The van der Waals surface area contributed by atoms with Gasteiger partial charge in [-0.1, -0.05) is 0 Å². The van der Waals surface area contributed by atoms with Crippen LogP contribution in [0.5, 0.6) is 0 Å². The number of aliphatic carboxylic acids is 2. The van der Waals surface area contributed by atoms with E-state index in [9.17, 15) is 19.8 Å². The fourth-order valence-corrected chi connectivity index (χ4v) is 0.258. The Morgan fingerprint density at radius 2 is 0.889 bits per heavy atom. The molecule has 0 radical (unpaired) electrons. The van der Waals surface area contributed by atoms with E-state index < -0.39 is 24.1 Å². The molecule has 0 spiro atoms. The van der Waals surface area contributed by atoms with E-state index in [4.69, 9.17) is 10.2 Å². The molecule has 0 amide bonds. The van der Waals surface area contributed by atoms with Gasteiger partial charge < -0.3 is 54.8 Å². The molecule has 0 heterocycles. The molecule has 0 fully saturated rings. The van der Waals surface area contributed by atoms with Gasteiger partial charge in [-0.25, -0.2) is 0 Å².